The van der Waals surface area contributed by atoms with Crippen molar-refractivity contribution in [1.29, 1.82) is 0 Å². The van der Waals surface area contributed by atoms with E-state index in [2.05, 4.69) is 208 Å². The number of rotatable bonds is 72. The fourth-order valence-corrected chi connectivity index (χ4v) is 11.3. The number of unbranched alkanes of at least 4 members (excludes halogenated alkanes) is 26. The molecule has 0 aliphatic carbocycles. The summed E-state index contributed by atoms with van der Waals surface area (Å²) in [6.45, 7) is 4.18. The summed E-state index contributed by atoms with van der Waals surface area (Å²) in [5.74, 6) is -0.829. The van der Waals surface area contributed by atoms with E-state index < -0.39 is 26.5 Å². The Balaban J connectivity index is 4.05. The monoisotopic (exact) mass is 1400 g/mol. The molecular formula is C90H149NO8P+. The summed E-state index contributed by atoms with van der Waals surface area (Å²) in [5.41, 5.74) is 0. The van der Waals surface area contributed by atoms with Crippen molar-refractivity contribution in [3.05, 3.63) is 194 Å². The summed E-state index contributed by atoms with van der Waals surface area (Å²) < 4.78 is 34.8. The normalized spacial score (nSPS) is 14.1. The largest absolute Gasteiger partial charge is 0.472 e. The van der Waals surface area contributed by atoms with E-state index in [0.717, 1.165) is 148 Å². The maximum Gasteiger partial charge on any atom is 0.472 e. The lowest BCUT2D eigenvalue weighted by atomic mass is 10.0. The van der Waals surface area contributed by atoms with Gasteiger partial charge in [0.25, 0.3) is 0 Å². The molecule has 2 atom stereocenters. The van der Waals surface area contributed by atoms with Crippen LogP contribution in [0.25, 0.3) is 0 Å². The van der Waals surface area contributed by atoms with E-state index in [1.165, 1.54) is 128 Å². The Morgan fingerprint density at radius 3 is 0.800 bits per heavy atom. The summed E-state index contributed by atoms with van der Waals surface area (Å²) >= 11 is 0. The summed E-state index contributed by atoms with van der Waals surface area (Å²) in [6, 6.07) is 0. The van der Waals surface area contributed by atoms with Crippen LogP contribution in [0.3, 0.4) is 0 Å². The highest BCUT2D eigenvalue weighted by Gasteiger charge is 2.27. The van der Waals surface area contributed by atoms with Crippen molar-refractivity contribution in [1.82, 2.24) is 0 Å². The van der Waals surface area contributed by atoms with E-state index in [9.17, 15) is 19.0 Å². The highest BCUT2D eigenvalue weighted by atomic mass is 31.2. The SMILES string of the molecule is CC/C=C\C/C=C\C/C=C\C/C=C\C/C=C\C/C=C\C/C=C\C/C=C\C/C=C\C/C=C\CCCCCCC(=O)OC(COC(=O)CCCCCCCCCCCCCCCCCCCCCCCC/C=C\C/C=C\C/C=C\C/C=C\C/C=C\C/C=C\CC)COP(=O)(O)OCC[N+](C)(C)C. The highest BCUT2D eigenvalue weighted by molar-refractivity contribution is 7.47. The zero-order chi connectivity index (χ0) is 72.5. The highest BCUT2D eigenvalue weighted by Crippen LogP contribution is 2.43. The molecule has 0 aliphatic rings. The first-order valence-electron chi connectivity index (χ1n) is 40.2. The molecule has 0 rings (SSSR count). The first kappa shape index (κ1) is 94.8. The van der Waals surface area contributed by atoms with Gasteiger partial charge in [0, 0.05) is 12.8 Å². The van der Waals surface area contributed by atoms with Crippen LogP contribution in [0, 0.1) is 0 Å². The van der Waals surface area contributed by atoms with Crippen molar-refractivity contribution < 1.29 is 42.1 Å². The van der Waals surface area contributed by atoms with E-state index in [4.69, 9.17) is 18.5 Å². The van der Waals surface area contributed by atoms with Gasteiger partial charge in [0.1, 0.15) is 19.8 Å². The number of allylic oxidation sites excluding steroid dienone is 32. The Kier molecular flexibility index (Phi) is 74.0. The number of ether oxygens (including phenoxy) is 2. The summed E-state index contributed by atoms with van der Waals surface area (Å²) in [5, 5.41) is 0. The zero-order valence-corrected chi connectivity index (χ0v) is 65.5. The standard InChI is InChI=1S/C90H148NO8P/c1-6-8-10-12-14-16-18-20-22-24-26-28-30-32-34-36-38-40-42-43-44-45-46-47-49-50-52-54-56-58-60-62-64-66-68-70-72-74-76-78-80-82-89(92)96-86-88(87-98-100(94,95)97-85-84-91(3,4)5)99-90(93)83-81-79-77-75-73-71-69-67-65-63-61-59-57-55-53-51-48-41-39-37-35-33-31-29-27-25-23-21-19-17-15-13-11-9-7-2/h8-11,14-17,20-23,26-29,32-35,38-41,51,53,57,59,63,65,69,71,88H,6-7,12-13,18-19,24-25,30-31,36-37,42-50,52,54-56,58,60-62,64,66-68,70,72-87H2,1-5H3/p+1/b10-8-,11-9-,16-14-,17-15-,22-20-,23-21-,28-26-,29-27-,34-32-,35-33-,40-38-,41-39-,53-51-,59-57-,65-63-,71-69-. The van der Waals surface area contributed by atoms with Gasteiger partial charge in [-0.3, -0.25) is 18.6 Å². The lowest BCUT2D eigenvalue weighted by molar-refractivity contribution is -0.870. The number of phosphoric acid groups is 1. The topological polar surface area (TPSA) is 108 Å². The molecule has 0 fully saturated rings. The van der Waals surface area contributed by atoms with Gasteiger partial charge < -0.3 is 18.9 Å². The Hall–Kier alpha value is -5.15. The Morgan fingerprint density at radius 1 is 0.310 bits per heavy atom. The van der Waals surface area contributed by atoms with Gasteiger partial charge in [-0.15, -0.1) is 0 Å². The van der Waals surface area contributed by atoms with Crippen molar-refractivity contribution in [3.63, 3.8) is 0 Å². The predicted molar refractivity (Wildman–Crippen MR) is 435 cm³/mol. The number of carbonyl (C=O) groups is 2. The maximum atomic E-state index is 12.9. The van der Waals surface area contributed by atoms with E-state index in [-0.39, 0.29) is 32.0 Å². The fraction of sp³-hybridized carbons (Fsp3) is 0.622. The molecule has 0 saturated heterocycles. The molecule has 0 bridgehead atoms. The average molecular weight is 1400 g/mol. The number of likely N-dealkylation sites (N-methyl/N-ethyl adjacent to an activating group) is 1. The van der Waals surface area contributed by atoms with Crippen molar-refractivity contribution in [2.24, 2.45) is 0 Å². The van der Waals surface area contributed by atoms with Gasteiger partial charge in [0.15, 0.2) is 6.10 Å². The van der Waals surface area contributed by atoms with Gasteiger partial charge in [-0.05, 0) is 141 Å². The smallest absolute Gasteiger partial charge is 0.462 e. The molecule has 0 saturated carbocycles. The second-order valence-electron chi connectivity index (χ2n) is 27.3. The average Bonchev–Trinajstić information content (AvgIpc) is 1.65. The molecule has 0 aromatic carbocycles. The zero-order valence-electron chi connectivity index (χ0n) is 64.6. The van der Waals surface area contributed by atoms with Crippen LogP contribution in [-0.4, -0.2) is 74.9 Å². The minimum atomic E-state index is -4.42. The predicted octanol–water partition coefficient (Wildman–Crippen LogP) is 27.2. The molecular weight excluding hydrogens is 1250 g/mol. The number of phosphoric ester groups is 1. The lowest BCUT2D eigenvalue weighted by Crippen LogP contribution is -2.37. The molecule has 0 aromatic heterocycles. The van der Waals surface area contributed by atoms with Crippen LogP contribution < -0.4 is 0 Å². The number of quaternary nitrogens is 1. The Labute approximate surface area is 615 Å². The van der Waals surface area contributed by atoms with Crippen molar-refractivity contribution >= 4 is 19.8 Å². The first-order valence-corrected chi connectivity index (χ1v) is 41.7. The molecule has 0 amide bonds. The molecule has 0 aromatic rings. The van der Waals surface area contributed by atoms with Gasteiger partial charge in [-0.1, -0.05) is 350 Å². The summed E-state index contributed by atoms with van der Waals surface area (Å²) in [4.78, 5) is 36.0. The molecule has 100 heavy (non-hydrogen) atoms. The quantitative estimate of drug-likeness (QED) is 0.0211. The minimum absolute atomic E-state index is 0.0182. The molecule has 2 unspecified atom stereocenters. The van der Waals surface area contributed by atoms with Gasteiger partial charge in [-0.25, -0.2) is 4.57 Å². The van der Waals surface area contributed by atoms with Crippen LogP contribution in [0.5, 0.6) is 0 Å². The van der Waals surface area contributed by atoms with E-state index in [0.29, 0.717) is 17.4 Å². The minimum Gasteiger partial charge on any atom is -0.462 e. The Morgan fingerprint density at radius 2 is 0.540 bits per heavy atom. The second-order valence-corrected chi connectivity index (χ2v) is 28.8. The molecule has 566 valence electrons. The second kappa shape index (κ2) is 78.0. The molecule has 9 nitrogen and oxygen atoms in total. The van der Waals surface area contributed by atoms with Crippen LogP contribution in [0.2, 0.25) is 0 Å². The number of hydrogen-bond donors (Lipinski definition) is 1. The third-order valence-corrected chi connectivity index (χ3v) is 17.6. The van der Waals surface area contributed by atoms with E-state index in [1.807, 2.05) is 21.1 Å². The molecule has 1 N–H and O–H groups in total. The fourth-order valence-electron chi connectivity index (χ4n) is 10.6. The molecule has 0 radical (unpaired) electrons. The molecule has 0 heterocycles. The van der Waals surface area contributed by atoms with Crippen LogP contribution in [0.4, 0.5) is 0 Å². The van der Waals surface area contributed by atoms with Crippen LogP contribution in [-0.2, 0) is 32.7 Å². The van der Waals surface area contributed by atoms with Crippen molar-refractivity contribution in [3.8, 4) is 0 Å². The first-order chi connectivity index (χ1) is 49.0. The van der Waals surface area contributed by atoms with Crippen LogP contribution in [0.1, 0.15) is 309 Å². The van der Waals surface area contributed by atoms with E-state index in [1.54, 1.807) is 0 Å². The Bertz CT molecular complexity index is 2400. The van der Waals surface area contributed by atoms with Crippen molar-refractivity contribution in [2.75, 3.05) is 47.5 Å². The van der Waals surface area contributed by atoms with Gasteiger partial charge >= 0.3 is 19.8 Å². The number of esters is 2. The van der Waals surface area contributed by atoms with Crippen molar-refractivity contribution in [2.45, 2.75) is 315 Å². The van der Waals surface area contributed by atoms with E-state index >= 15 is 0 Å². The molecule has 10 heteroatoms. The summed E-state index contributed by atoms with van der Waals surface area (Å²) in [7, 11) is 1.44. The summed E-state index contributed by atoms with van der Waals surface area (Å²) in [6.07, 6.45) is 121. The van der Waals surface area contributed by atoms with Gasteiger partial charge in [0.05, 0.1) is 27.7 Å². The maximum absolute atomic E-state index is 12.9. The van der Waals surface area contributed by atoms with Crippen LogP contribution in [0.15, 0.2) is 194 Å². The number of hydrogen-bond acceptors (Lipinski definition) is 7. The van der Waals surface area contributed by atoms with Gasteiger partial charge in [-0.2, -0.15) is 0 Å². The lowest BCUT2D eigenvalue weighted by Gasteiger charge is -2.24. The van der Waals surface area contributed by atoms with Crippen LogP contribution >= 0.6 is 7.82 Å². The number of nitrogens with zero attached hydrogens (tertiary/aromatic N) is 1. The number of carbonyl (C=O) groups excluding carboxylic acids is 2. The molecule has 0 spiro atoms. The third-order valence-electron chi connectivity index (χ3n) is 16.6. The third kappa shape index (κ3) is 81.8. The van der Waals surface area contributed by atoms with Gasteiger partial charge in [0.2, 0.25) is 0 Å². The molecule has 0 aliphatic heterocycles.